The summed E-state index contributed by atoms with van der Waals surface area (Å²) in [5, 5.41) is 14.2. The monoisotopic (exact) mass is 1040 g/mol. The van der Waals surface area contributed by atoms with Gasteiger partial charge >= 0.3 is 0 Å². The molecule has 12 saturated carbocycles. The molecule has 12 aliphatic carbocycles. The molecule has 272 valence electrons. The van der Waals surface area contributed by atoms with E-state index in [4.69, 9.17) is 0 Å². The average molecular weight is 1040 g/mol. The third-order valence-electron chi connectivity index (χ3n) is 16.6. The maximum absolute atomic E-state index is 15.5. The normalized spacial score (nSPS) is 44.5. The SMILES string of the molecule is O=S(=O)(/N=C(\[O-])c1cc(I)cc(I)c1I)c1c(C23CC4CC(CC(C4)C2)C3)cc(C23CC4CC(CC(C4)C2)C3)cc1C12CC3CC(CC(C3)C1)C2. The molecule has 51 heavy (non-hydrogen) atoms. The Hall–Kier alpha value is 0.0500. The standard InChI is InChI=1S/C43H50I3NO3S/c44-33-12-34(38(46)37(45)13-33)40(48)47-51(49,50)39-35(42-17-26-4-27(18-42)6-28(5-26)19-42)10-32(41-14-23-1-24(15-41)3-25(2-23)16-41)11-36(39)43-20-29-7-30(21-43)9-31(8-29)22-43/h10-13,23-31H,1-9,14-22H2,(H,47,48)/p-1. The lowest BCUT2D eigenvalue weighted by molar-refractivity contribution is -0.212. The molecule has 14 rings (SSSR count). The van der Waals surface area contributed by atoms with Crippen molar-refractivity contribution in [3.05, 3.63) is 57.2 Å². The number of hydrogen-bond donors (Lipinski definition) is 0. The van der Waals surface area contributed by atoms with Gasteiger partial charge in [0.15, 0.2) is 0 Å². The quantitative estimate of drug-likeness (QED) is 0.125. The highest BCUT2D eigenvalue weighted by Crippen LogP contribution is 2.67. The second-order valence-corrected chi connectivity index (χ2v) is 25.1. The zero-order chi connectivity index (χ0) is 34.7. The Kier molecular flexibility index (Phi) is 7.93. The topological polar surface area (TPSA) is 69.6 Å². The molecule has 0 heterocycles. The highest BCUT2D eigenvalue weighted by molar-refractivity contribution is 14.1. The molecule has 0 atom stereocenters. The van der Waals surface area contributed by atoms with Gasteiger partial charge in [0.2, 0.25) is 0 Å². The third kappa shape index (κ3) is 5.42. The molecule has 0 N–H and O–H groups in total. The predicted molar refractivity (Wildman–Crippen MR) is 224 cm³/mol. The van der Waals surface area contributed by atoms with Crippen LogP contribution in [0.3, 0.4) is 0 Å². The van der Waals surface area contributed by atoms with Gasteiger partial charge in [0.25, 0.3) is 10.0 Å². The van der Waals surface area contributed by atoms with E-state index >= 15 is 8.42 Å². The second kappa shape index (κ2) is 11.8. The molecule has 0 radical (unpaired) electrons. The van der Waals surface area contributed by atoms with Crippen molar-refractivity contribution in [3.8, 4) is 0 Å². The van der Waals surface area contributed by atoms with E-state index in [0.29, 0.717) is 46.0 Å². The van der Waals surface area contributed by atoms with Gasteiger partial charge in [-0.15, -0.1) is 0 Å². The molecule has 0 aliphatic heterocycles. The van der Waals surface area contributed by atoms with Crippen LogP contribution in [0, 0.1) is 64.0 Å². The van der Waals surface area contributed by atoms with Gasteiger partial charge in [-0.1, -0.05) is 12.1 Å². The van der Waals surface area contributed by atoms with Crippen LogP contribution in [-0.2, 0) is 26.3 Å². The van der Waals surface area contributed by atoms with Crippen molar-refractivity contribution in [2.45, 2.75) is 137 Å². The van der Waals surface area contributed by atoms with E-state index in [2.05, 4.69) is 84.3 Å². The minimum atomic E-state index is -4.30. The summed E-state index contributed by atoms with van der Waals surface area (Å²) in [6, 6.07) is 8.88. The molecule has 0 unspecified atom stereocenters. The third-order valence-corrected chi connectivity index (χ3v) is 21.7. The number of benzene rings is 2. The molecule has 4 nitrogen and oxygen atoms in total. The zero-order valence-corrected chi connectivity index (χ0v) is 36.7. The van der Waals surface area contributed by atoms with E-state index in [-0.39, 0.29) is 16.2 Å². The van der Waals surface area contributed by atoms with Crippen LogP contribution in [0.4, 0.5) is 0 Å². The Balaban J connectivity index is 1.17. The Labute approximate surface area is 345 Å². The number of hydrogen-bond acceptors (Lipinski definition) is 3. The number of nitrogens with zero attached hydrogens (tertiary/aromatic N) is 1. The Morgan fingerprint density at radius 3 is 1.29 bits per heavy atom. The second-order valence-electron chi connectivity index (χ2n) is 20.1. The lowest BCUT2D eigenvalue weighted by atomic mass is 9.45. The Bertz CT molecular complexity index is 1810. The summed E-state index contributed by atoms with van der Waals surface area (Å²) in [6.45, 7) is 0. The van der Waals surface area contributed by atoms with Crippen LogP contribution < -0.4 is 5.11 Å². The van der Waals surface area contributed by atoms with Gasteiger partial charge in [0.1, 0.15) is 0 Å². The van der Waals surface area contributed by atoms with E-state index in [9.17, 15) is 5.11 Å². The van der Waals surface area contributed by atoms with Gasteiger partial charge in [-0.25, -0.2) is 0 Å². The van der Waals surface area contributed by atoms with Gasteiger partial charge in [0.05, 0.1) is 4.90 Å². The van der Waals surface area contributed by atoms with Crippen LogP contribution in [0.1, 0.15) is 138 Å². The van der Waals surface area contributed by atoms with Crippen LogP contribution in [0.2, 0.25) is 0 Å². The van der Waals surface area contributed by atoms with Crippen molar-refractivity contribution in [1.82, 2.24) is 0 Å². The van der Waals surface area contributed by atoms with E-state index in [1.54, 1.807) is 0 Å². The van der Waals surface area contributed by atoms with E-state index in [0.717, 1.165) is 78.1 Å². The fraction of sp³-hybridized carbons (Fsp3) is 0.698. The largest absolute Gasteiger partial charge is 0.858 e. The molecule has 0 amide bonds. The van der Waals surface area contributed by atoms with Crippen LogP contribution in [0.5, 0.6) is 0 Å². The smallest absolute Gasteiger partial charge is 0.282 e. The summed E-state index contributed by atoms with van der Waals surface area (Å²) in [4.78, 5) is 0.517. The van der Waals surface area contributed by atoms with Crippen molar-refractivity contribution in [2.24, 2.45) is 57.7 Å². The van der Waals surface area contributed by atoms with Crippen LogP contribution in [0.25, 0.3) is 0 Å². The van der Waals surface area contributed by atoms with Gasteiger partial charge < -0.3 is 5.11 Å². The number of halogens is 3. The van der Waals surface area contributed by atoms with Crippen molar-refractivity contribution < 1.29 is 13.5 Å². The van der Waals surface area contributed by atoms with E-state index in [1.165, 1.54) is 82.6 Å². The van der Waals surface area contributed by atoms with Gasteiger partial charge in [-0.05, 0) is 282 Å². The number of rotatable bonds is 6. The van der Waals surface area contributed by atoms with Gasteiger partial charge in [0, 0.05) is 22.2 Å². The average Bonchev–Trinajstić information content (AvgIpc) is 3.04. The Morgan fingerprint density at radius 1 is 0.569 bits per heavy atom. The molecule has 12 aliphatic rings. The maximum atomic E-state index is 15.5. The lowest BCUT2D eigenvalue weighted by Crippen LogP contribution is -2.52. The highest BCUT2D eigenvalue weighted by Gasteiger charge is 2.58. The summed E-state index contributed by atoms with van der Waals surface area (Å²) in [7, 11) is -4.30. The van der Waals surface area contributed by atoms with Crippen LogP contribution >= 0.6 is 67.8 Å². The van der Waals surface area contributed by atoms with Crippen molar-refractivity contribution in [2.75, 3.05) is 0 Å². The summed E-state index contributed by atoms with van der Waals surface area (Å²) in [5.74, 6) is 6.09. The van der Waals surface area contributed by atoms with Gasteiger partial charge in [-0.2, -0.15) is 12.8 Å². The lowest BCUT2D eigenvalue weighted by Gasteiger charge is -2.60. The molecular formula is C43H49I3NO3S-. The summed E-state index contributed by atoms with van der Waals surface area (Å²) < 4.78 is 38.1. The van der Waals surface area contributed by atoms with Crippen molar-refractivity contribution in [3.63, 3.8) is 0 Å². The van der Waals surface area contributed by atoms with Crippen LogP contribution in [-0.4, -0.2) is 14.3 Å². The summed E-state index contributed by atoms with van der Waals surface area (Å²) >= 11 is 6.68. The first-order chi connectivity index (χ1) is 24.4. The van der Waals surface area contributed by atoms with Crippen molar-refractivity contribution in [1.29, 1.82) is 0 Å². The molecule has 0 aromatic heterocycles. The molecule has 8 heteroatoms. The maximum Gasteiger partial charge on any atom is 0.282 e. The fourth-order valence-electron chi connectivity index (χ4n) is 16.3. The Morgan fingerprint density at radius 2 is 0.922 bits per heavy atom. The summed E-state index contributed by atoms with van der Waals surface area (Å²) in [6.07, 6.45) is 22.7. The molecular weight excluding hydrogens is 991 g/mol. The van der Waals surface area contributed by atoms with E-state index < -0.39 is 15.9 Å². The minimum Gasteiger partial charge on any atom is -0.858 e. The molecule has 0 saturated heterocycles. The first-order valence-electron chi connectivity index (χ1n) is 20.2. The predicted octanol–water partition coefficient (Wildman–Crippen LogP) is 10.4. The van der Waals surface area contributed by atoms with Crippen molar-refractivity contribution >= 4 is 83.7 Å². The highest BCUT2D eigenvalue weighted by atomic mass is 127. The molecule has 0 spiro atoms. The zero-order valence-electron chi connectivity index (χ0n) is 29.4. The van der Waals surface area contributed by atoms with Gasteiger partial charge in [-0.3, -0.25) is 0 Å². The first-order valence-corrected chi connectivity index (χ1v) is 24.9. The molecule has 2 aromatic rings. The first kappa shape index (κ1) is 34.3. The molecule has 2 aromatic carbocycles. The van der Waals surface area contributed by atoms with E-state index in [1.807, 2.05) is 12.1 Å². The summed E-state index contributed by atoms with van der Waals surface area (Å²) in [5.41, 5.74) is 4.13. The molecule has 12 fully saturated rings. The molecule has 12 bridgehead atoms. The minimum absolute atomic E-state index is 0.114. The van der Waals surface area contributed by atoms with Crippen LogP contribution in [0.15, 0.2) is 33.6 Å². The fourth-order valence-corrected chi connectivity index (χ4v) is 20.2. The number of sulfonamides is 1.